The summed E-state index contributed by atoms with van der Waals surface area (Å²) in [4.78, 5) is 12.2. The Balaban J connectivity index is 1.72. The van der Waals surface area contributed by atoms with Crippen LogP contribution in [0.3, 0.4) is 0 Å². The molecule has 0 saturated carbocycles. The van der Waals surface area contributed by atoms with E-state index in [4.69, 9.17) is 0 Å². The van der Waals surface area contributed by atoms with Gasteiger partial charge in [-0.05, 0) is 41.0 Å². The Kier molecular flexibility index (Phi) is 4.90. The van der Waals surface area contributed by atoms with Crippen molar-refractivity contribution in [1.82, 2.24) is 5.43 Å². The molecular weight excluding hydrogens is 312 g/mol. The molecule has 0 spiro atoms. The van der Waals surface area contributed by atoms with Crippen LogP contribution in [0.25, 0.3) is 16.8 Å². The third-order valence-electron chi connectivity index (χ3n) is 3.74. The van der Waals surface area contributed by atoms with Crippen LogP contribution < -0.4 is 5.43 Å². The zero-order valence-electron chi connectivity index (χ0n) is 13.8. The zero-order valence-corrected chi connectivity index (χ0v) is 13.8. The zero-order chi connectivity index (χ0) is 17.6. The molecule has 0 aliphatic heterocycles. The summed E-state index contributed by atoms with van der Waals surface area (Å²) in [6.45, 7) is 1.90. The SMILES string of the molecule is CC(/C=N\NC(=O)c1cc2ccccc2cc1O)=C/c1ccccc1. The van der Waals surface area contributed by atoms with Gasteiger partial charge in [0.1, 0.15) is 5.75 Å². The minimum atomic E-state index is -0.452. The van der Waals surface area contributed by atoms with Crippen molar-refractivity contribution in [2.75, 3.05) is 0 Å². The van der Waals surface area contributed by atoms with Crippen molar-refractivity contribution in [2.45, 2.75) is 6.92 Å². The van der Waals surface area contributed by atoms with Crippen LogP contribution in [-0.2, 0) is 0 Å². The molecule has 0 aromatic heterocycles. The van der Waals surface area contributed by atoms with Gasteiger partial charge < -0.3 is 5.11 Å². The summed E-state index contributed by atoms with van der Waals surface area (Å²) >= 11 is 0. The molecule has 3 aromatic rings. The maximum atomic E-state index is 12.2. The largest absolute Gasteiger partial charge is 0.507 e. The summed E-state index contributed by atoms with van der Waals surface area (Å²) in [7, 11) is 0. The minimum Gasteiger partial charge on any atom is -0.507 e. The first-order valence-electron chi connectivity index (χ1n) is 7.92. The number of amides is 1. The van der Waals surface area contributed by atoms with Crippen LogP contribution in [0.1, 0.15) is 22.8 Å². The Labute approximate surface area is 146 Å². The number of carbonyl (C=O) groups excluding carboxylic acids is 1. The Morgan fingerprint density at radius 1 is 1.00 bits per heavy atom. The number of aromatic hydroxyl groups is 1. The number of rotatable bonds is 4. The summed E-state index contributed by atoms with van der Waals surface area (Å²) in [5.41, 5.74) is 4.60. The predicted molar refractivity (Wildman–Crippen MR) is 102 cm³/mol. The summed E-state index contributed by atoms with van der Waals surface area (Å²) < 4.78 is 0. The van der Waals surface area contributed by atoms with Gasteiger partial charge in [-0.1, -0.05) is 60.7 Å². The van der Waals surface area contributed by atoms with Crippen LogP contribution in [0.4, 0.5) is 0 Å². The molecule has 0 unspecified atom stereocenters. The number of phenolic OH excluding ortho intramolecular Hbond substituents is 1. The van der Waals surface area contributed by atoms with Crippen molar-refractivity contribution in [3.05, 3.63) is 83.4 Å². The van der Waals surface area contributed by atoms with Crippen molar-refractivity contribution < 1.29 is 9.90 Å². The van der Waals surface area contributed by atoms with Crippen LogP contribution in [0.15, 0.2) is 77.4 Å². The van der Waals surface area contributed by atoms with Crippen molar-refractivity contribution >= 4 is 29.0 Å². The monoisotopic (exact) mass is 330 g/mol. The van der Waals surface area contributed by atoms with Gasteiger partial charge in [0.25, 0.3) is 5.91 Å². The maximum absolute atomic E-state index is 12.2. The molecule has 0 radical (unpaired) electrons. The molecule has 3 aromatic carbocycles. The fraction of sp³-hybridized carbons (Fsp3) is 0.0476. The normalized spacial score (nSPS) is 11.8. The van der Waals surface area contributed by atoms with Gasteiger partial charge in [0.2, 0.25) is 0 Å². The Morgan fingerprint density at radius 2 is 1.64 bits per heavy atom. The number of nitrogens with zero attached hydrogens (tertiary/aromatic N) is 1. The standard InChI is InChI=1S/C21H18N2O2/c1-15(11-16-7-3-2-4-8-16)14-22-23-21(25)19-12-17-9-5-6-10-18(17)13-20(19)24/h2-14,24H,1H3,(H,23,25)/b15-11-,22-14-. The van der Waals surface area contributed by atoms with Crippen LogP contribution in [-0.4, -0.2) is 17.2 Å². The number of hydrazone groups is 1. The molecule has 0 heterocycles. The Bertz CT molecular complexity index is 960. The second kappa shape index (κ2) is 7.45. The van der Waals surface area contributed by atoms with Crippen LogP contribution in [0.2, 0.25) is 0 Å². The molecule has 4 nitrogen and oxygen atoms in total. The van der Waals surface area contributed by atoms with Crippen molar-refractivity contribution in [3.63, 3.8) is 0 Å². The molecule has 0 atom stereocenters. The molecule has 0 fully saturated rings. The lowest BCUT2D eigenvalue weighted by Gasteiger charge is -2.05. The van der Waals surface area contributed by atoms with E-state index in [1.54, 1.807) is 18.3 Å². The smallest absolute Gasteiger partial charge is 0.275 e. The topological polar surface area (TPSA) is 61.7 Å². The van der Waals surface area contributed by atoms with Crippen molar-refractivity contribution in [1.29, 1.82) is 0 Å². The van der Waals surface area contributed by atoms with Crippen molar-refractivity contribution in [3.8, 4) is 5.75 Å². The van der Waals surface area contributed by atoms with Crippen LogP contribution in [0.5, 0.6) is 5.75 Å². The van der Waals surface area contributed by atoms with Crippen molar-refractivity contribution in [2.24, 2.45) is 5.10 Å². The number of benzene rings is 3. The van der Waals surface area contributed by atoms with Gasteiger partial charge in [-0.15, -0.1) is 0 Å². The number of fused-ring (bicyclic) bond motifs is 1. The van der Waals surface area contributed by atoms with Gasteiger partial charge in [0.15, 0.2) is 0 Å². The van der Waals surface area contributed by atoms with E-state index in [0.717, 1.165) is 21.9 Å². The minimum absolute atomic E-state index is 0.0667. The maximum Gasteiger partial charge on any atom is 0.275 e. The van der Waals surface area contributed by atoms with Crippen LogP contribution in [0, 0.1) is 0 Å². The van der Waals surface area contributed by atoms with E-state index in [9.17, 15) is 9.90 Å². The molecule has 25 heavy (non-hydrogen) atoms. The van der Waals surface area contributed by atoms with E-state index in [1.807, 2.05) is 67.6 Å². The first kappa shape index (κ1) is 16.5. The van der Waals surface area contributed by atoms with Gasteiger partial charge in [-0.3, -0.25) is 4.79 Å². The molecule has 0 saturated heterocycles. The van der Waals surface area contributed by atoms with Gasteiger partial charge in [0, 0.05) is 0 Å². The third kappa shape index (κ3) is 4.12. The van der Waals surface area contributed by atoms with E-state index < -0.39 is 5.91 Å². The van der Waals surface area contributed by atoms with E-state index in [2.05, 4.69) is 10.5 Å². The molecule has 3 rings (SSSR count). The number of hydrogen-bond acceptors (Lipinski definition) is 3. The van der Waals surface area contributed by atoms with Crippen LogP contribution >= 0.6 is 0 Å². The van der Waals surface area contributed by atoms with E-state index in [1.165, 1.54) is 0 Å². The Hall–Kier alpha value is -3.40. The number of carbonyl (C=O) groups is 1. The average molecular weight is 330 g/mol. The quantitative estimate of drug-likeness (QED) is 0.551. The third-order valence-corrected chi connectivity index (χ3v) is 3.74. The average Bonchev–Trinajstić information content (AvgIpc) is 2.61. The highest BCUT2D eigenvalue weighted by Crippen LogP contribution is 2.24. The van der Waals surface area contributed by atoms with E-state index in [0.29, 0.717) is 0 Å². The van der Waals surface area contributed by atoms with Gasteiger partial charge >= 0.3 is 0 Å². The molecule has 1 amide bonds. The highest BCUT2D eigenvalue weighted by Gasteiger charge is 2.11. The highest BCUT2D eigenvalue weighted by atomic mass is 16.3. The summed E-state index contributed by atoms with van der Waals surface area (Å²) in [5, 5.41) is 15.8. The lowest BCUT2D eigenvalue weighted by atomic mass is 10.1. The fourth-order valence-corrected chi connectivity index (χ4v) is 2.51. The molecule has 2 N–H and O–H groups in total. The van der Waals surface area contributed by atoms with Gasteiger partial charge in [0.05, 0.1) is 11.8 Å². The van der Waals surface area contributed by atoms with E-state index >= 15 is 0 Å². The number of allylic oxidation sites excluding steroid dienone is 1. The second-order valence-corrected chi connectivity index (χ2v) is 5.71. The first-order valence-corrected chi connectivity index (χ1v) is 7.92. The summed E-state index contributed by atoms with van der Waals surface area (Å²) in [6, 6.07) is 20.6. The first-order chi connectivity index (χ1) is 12.1. The number of nitrogens with one attached hydrogen (secondary N) is 1. The molecule has 124 valence electrons. The number of phenols is 1. The number of hydrogen-bond donors (Lipinski definition) is 2. The van der Waals surface area contributed by atoms with Gasteiger partial charge in [-0.25, -0.2) is 5.43 Å². The highest BCUT2D eigenvalue weighted by molar-refractivity contribution is 6.01. The molecule has 0 aliphatic carbocycles. The molecule has 0 bridgehead atoms. The lowest BCUT2D eigenvalue weighted by molar-refractivity contribution is 0.0952. The Morgan fingerprint density at radius 3 is 2.36 bits per heavy atom. The summed E-state index contributed by atoms with van der Waals surface area (Å²) in [5.74, 6) is -0.519. The van der Waals surface area contributed by atoms with E-state index in [-0.39, 0.29) is 11.3 Å². The van der Waals surface area contributed by atoms with Gasteiger partial charge in [-0.2, -0.15) is 5.10 Å². The second-order valence-electron chi connectivity index (χ2n) is 5.71. The molecule has 4 heteroatoms. The summed E-state index contributed by atoms with van der Waals surface area (Å²) in [6.07, 6.45) is 3.53. The fourth-order valence-electron chi connectivity index (χ4n) is 2.51. The predicted octanol–water partition coefficient (Wildman–Crippen LogP) is 4.36. The molecule has 0 aliphatic rings. The lowest BCUT2D eigenvalue weighted by Crippen LogP contribution is -2.17. The molecular formula is C21H18N2O2.